The largest absolute Gasteiger partial charge is 0.459 e. The fourth-order valence-corrected chi connectivity index (χ4v) is 2.76. The molecule has 5 nitrogen and oxygen atoms in total. The predicted octanol–water partition coefficient (Wildman–Crippen LogP) is 3.57. The van der Waals surface area contributed by atoms with E-state index in [1.165, 1.54) is 9.13 Å². The third kappa shape index (κ3) is 10.8. The van der Waals surface area contributed by atoms with Gasteiger partial charge in [-0.1, -0.05) is 12.1 Å². The Morgan fingerprint density at radius 1 is 1.15 bits per heavy atom. The predicted molar refractivity (Wildman–Crippen MR) is 113 cm³/mol. The number of carbonyl (C=O) groups excluding carboxylic acids is 2. The van der Waals surface area contributed by atoms with Crippen LogP contribution in [0, 0.1) is 3.57 Å². The van der Waals surface area contributed by atoms with Crippen molar-refractivity contribution >= 4 is 34.5 Å². The summed E-state index contributed by atoms with van der Waals surface area (Å²) in [6, 6.07) is 7.77. The average Bonchev–Trinajstić information content (AvgIpc) is 2.54. The van der Waals surface area contributed by atoms with E-state index in [4.69, 9.17) is 10.5 Å². The Kier molecular flexibility index (Phi) is 10.2. The molecule has 6 heteroatoms. The lowest BCUT2D eigenvalue weighted by molar-refractivity contribution is -0.156. The van der Waals surface area contributed by atoms with Gasteiger partial charge in [-0.2, -0.15) is 0 Å². The van der Waals surface area contributed by atoms with Crippen LogP contribution in [-0.2, 0) is 20.7 Å². The molecule has 1 atom stereocenters. The Labute approximate surface area is 170 Å². The molecule has 3 N–H and O–H groups in total. The Morgan fingerprint density at radius 3 is 2.42 bits per heavy atom. The van der Waals surface area contributed by atoms with Gasteiger partial charge in [-0.05, 0) is 93.2 Å². The molecule has 0 saturated heterocycles. The molecule has 0 aliphatic rings. The first-order valence-corrected chi connectivity index (χ1v) is 10.2. The van der Waals surface area contributed by atoms with Gasteiger partial charge in [-0.3, -0.25) is 9.59 Å². The monoisotopic (exact) mass is 474 g/mol. The minimum Gasteiger partial charge on any atom is -0.459 e. The number of nitrogens with two attached hydrogens (primary N) is 1. The van der Waals surface area contributed by atoms with Crippen LogP contribution in [0.2, 0.25) is 0 Å². The highest BCUT2D eigenvalue weighted by molar-refractivity contribution is 14.1. The lowest BCUT2D eigenvalue weighted by Gasteiger charge is -2.22. The molecule has 1 amide bonds. The van der Waals surface area contributed by atoms with Crippen LogP contribution in [0.1, 0.15) is 58.4 Å². The Morgan fingerprint density at radius 2 is 1.81 bits per heavy atom. The van der Waals surface area contributed by atoms with E-state index >= 15 is 0 Å². The fourth-order valence-electron chi connectivity index (χ4n) is 2.40. The van der Waals surface area contributed by atoms with Gasteiger partial charge >= 0.3 is 5.97 Å². The second-order valence-electron chi connectivity index (χ2n) is 7.47. The smallest absolute Gasteiger partial charge is 0.323 e. The molecule has 0 aromatic heterocycles. The third-order valence-corrected chi connectivity index (χ3v) is 4.48. The highest BCUT2D eigenvalue weighted by atomic mass is 127. The highest BCUT2D eigenvalue weighted by Gasteiger charge is 2.21. The molecule has 0 heterocycles. The van der Waals surface area contributed by atoms with Crippen molar-refractivity contribution in [3.8, 4) is 0 Å². The zero-order valence-electron chi connectivity index (χ0n) is 16.0. The first-order valence-electron chi connectivity index (χ1n) is 9.17. The summed E-state index contributed by atoms with van der Waals surface area (Å²) in [7, 11) is 0. The van der Waals surface area contributed by atoms with Gasteiger partial charge in [0.15, 0.2) is 0 Å². The normalized spacial score (nSPS) is 12.5. The van der Waals surface area contributed by atoms with Gasteiger partial charge in [0.1, 0.15) is 11.6 Å². The quantitative estimate of drug-likeness (QED) is 0.309. The maximum Gasteiger partial charge on any atom is 0.323 e. The van der Waals surface area contributed by atoms with E-state index in [9.17, 15) is 9.59 Å². The summed E-state index contributed by atoms with van der Waals surface area (Å²) < 4.78 is 6.47. The Balaban J connectivity index is 2.07. The van der Waals surface area contributed by atoms with Crippen molar-refractivity contribution in [3.63, 3.8) is 0 Å². The number of nitrogens with one attached hydrogen (secondary N) is 1. The number of aryl methyl sites for hydroxylation is 1. The van der Waals surface area contributed by atoms with Gasteiger partial charge in [0.05, 0.1) is 0 Å². The number of rotatable bonds is 10. The third-order valence-electron chi connectivity index (χ3n) is 3.76. The summed E-state index contributed by atoms with van der Waals surface area (Å²) in [5.41, 5.74) is 6.58. The lowest BCUT2D eigenvalue weighted by Crippen LogP contribution is -2.37. The topological polar surface area (TPSA) is 81.4 Å². The fraction of sp³-hybridized carbons (Fsp3) is 0.600. The molecule has 1 aromatic carbocycles. The number of amides is 1. The van der Waals surface area contributed by atoms with Crippen LogP contribution in [0.4, 0.5) is 0 Å². The van der Waals surface area contributed by atoms with Crippen molar-refractivity contribution in [2.75, 3.05) is 6.54 Å². The van der Waals surface area contributed by atoms with Gasteiger partial charge in [-0.25, -0.2) is 0 Å². The van der Waals surface area contributed by atoms with Crippen LogP contribution in [0.5, 0.6) is 0 Å². The minimum atomic E-state index is -0.598. The zero-order chi connectivity index (χ0) is 19.6. The Bertz CT molecular complexity index is 567. The van der Waals surface area contributed by atoms with E-state index in [0.717, 1.165) is 25.7 Å². The maximum absolute atomic E-state index is 11.8. The second-order valence-corrected chi connectivity index (χ2v) is 8.71. The molecular weight excluding hydrogens is 443 g/mol. The molecule has 0 bridgehead atoms. The molecule has 146 valence electrons. The van der Waals surface area contributed by atoms with E-state index in [1.54, 1.807) is 0 Å². The van der Waals surface area contributed by atoms with Crippen molar-refractivity contribution in [2.24, 2.45) is 5.73 Å². The molecule has 1 rings (SSSR count). The first-order chi connectivity index (χ1) is 12.2. The molecule has 26 heavy (non-hydrogen) atoms. The molecule has 0 fully saturated rings. The van der Waals surface area contributed by atoms with E-state index in [1.807, 2.05) is 20.8 Å². The number of benzene rings is 1. The lowest BCUT2D eigenvalue weighted by atomic mass is 10.1. The van der Waals surface area contributed by atoms with Crippen LogP contribution in [0.25, 0.3) is 0 Å². The summed E-state index contributed by atoms with van der Waals surface area (Å²) >= 11 is 2.28. The molecular formula is C20H31IN2O3. The van der Waals surface area contributed by atoms with Crippen LogP contribution < -0.4 is 11.1 Å². The summed E-state index contributed by atoms with van der Waals surface area (Å²) in [4.78, 5) is 23.6. The van der Waals surface area contributed by atoms with Crippen molar-refractivity contribution in [1.82, 2.24) is 5.32 Å². The standard InChI is InChI=1S/C20H31IN2O3/c1-20(2,3)26-19(25)17(22)8-4-5-14-23-18(24)9-6-7-15-10-12-16(21)13-11-15/h10-13,17H,4-9,14,22H2,1-3H3,(H,23,24). The number of hydrogen-bond donors (Lipinski definition) is 2. The van der Waals surface area contributed by atoms with Crippen molar-refractivity contribution in [2.45, 2.75) is 70.9 Å². The van der Waals surface area contributed by atoms with Gasteiger partial charge in [0.25, 0.3) is 0 Å². The highest BCUT2D eigenvalue weighted by Crippen LogP contribution is 2.11. The number of halogens is 1. The minimum absolute atomic E-state index is 0.0759. The van der Waals surface area contributed by atoms with E-state index < -0.39 is 11.6 Å². The van der Waals surface area contributed by atoms with Gasteiger partial charge in [0, 0.05) is 16.5 Å². The van der Waals surface area contributed by atoms with Gasteiger partial charge in [-0.15, -0.1) is 0 Å². The number of unbranched alkanes of at least 4 members (excludes halogenated alkanes) is 1. The van der Waals surface area contributed by atoms with Crippen LogP contribution in [-0.4, -0.2) is 30.1 Å². The molecule has 1 unspecified atom stereocenters. The van der Waals surface area contributed by atoms with E-state index in [0.29, 0.717) is 19.4 Å². The van der Waals surface area contributed by atoms with Gasteiger partial charge < -0.3 is 15.8 Å². The zero-order valence-corrected chi connectivity index (χ0v) is 18.2. The second kappa shape index (κ2) is 11.5. The molecule has 1 aromatic rings. The first kappa shape index (κ1) is 22.9. The molecule has 0 radical (unpaired) electrons. The summed E-state index contributed by atoms with van der Waals surface area (Å²) in [6.45, 7) is 6.09. The number of carbonyl (C=O) groups is 2. The van der Waals surface area contributed by atoms with Crippen molar-refractivity contribution in [3.05, 3.63) is 33.4 Å². The maximum atomic E-state index is 11.8. The molecule has 0 aliphatic heterocycles. The van der Waals surface area contributed by atoms with E-state index in [-0.39, 0.29) is 11.9 Å². The molecule has 0 spiro atoms. The number of esters is 1. The van der Waals surface area contributed by atoms with Crippen molar-refractivity contribution in [1.29, 1.82) is 0 Å². The Hall–Kier alpha value is -1.15. The van der Waals surface area contributed by atoms with E-state index in [2.05, 4.69) is 52.2 Å². The number of ether oxygens (including phenoxy) is 1. The van der Waals surface area contributed by atoms with Crippen molar-refractivity contribution < 1.29 is 14.3 Å². The summed E-state index contributed by atoms with van der Waals surface area (Å²) in [5, 5.41) is 2.92. The molecule has 0 saturated carbocycles. The van der Waals surface area contributed by atoms with Crippen LogP contribution >= 0.6 is 22.6 Å². The summed E-state index contributed by atoms with van der Waals surface area (Å²) in [5.74, 6) is -0.288. The van der Waals surface area contributed by atoms with Crippen LogP contribution in [0.3, 0.4) is 0 Å². The van der Waals surface area contributed by atoms with Gasteiger partial charge in [0.2, 0.25) is 5.91 Å². The molecule has 0 aliphatic carbocycles. The summed E-state index contributed by atoms with van der Waals surface area (Å²) in [6.07, 6.45) is 4.44. The number of hydrogen-bond acceptors (Lipinski definition) is 4. The average molecular weight is 474 g/mol. The SMILES string of the molecule is CC(C)(C)OC(=O)C(N)CCCCNC(=O)CCCc1ccc(I)cc1. The van der Waals surface area contributed by atoms with Crippen LogP contribution in [0.15, 0.2) is 24.3 Å².